The number of amides is 2. The summed E-state index contributed by atoms with van der Waals surface area (Å²) in [6, 6.07) is 15.6. The normalized spacial score (nSPS) is 15.8. The van der Waals surface area contributed by atoms with Gasteiger partial charge in [0, 0.05) is 41.5 Å². The first kappa shape index (κ1) is 21.4. The third-order valence-electron chi connectivity index (χ3n) is 6.35. The van der Waals surface area contributed by atoms with E-state index in [0.29, 0.717) is 30.4 Å². The van der Waals surface area contributed by atoms with Crippen LogP contribution >= 0.6 is 11.6 Å². The molecule has 2 heterocycles. The molecule has 1 aliphatic heterocycles. The highest BCUT2D eigenvalue weighted by atomic mass is 35.5. The van der Waals surface area contributed by atoms with Crippen LogP contribution in [0.2, 0.25) is 5.02 Å². The van der Waals surface area contributed by atoms with Gasteiger partial charge in [0.25, 0.3) is 5.91 Å². The van der Waals surface area contributed by atoms with Crippen LogP contribution in [0.5, 0.6) is 0 Å². The number of aryl methyl sites for hydroxylation is 1. The molecular formula is C25H28ClN3O2. The number of H-pyrrole nitrogens is 1. The van der Waals surface area contributed by atoms with Crippen molar-refractivity contribution in [2.24, 2.45) is 11.8 Å². The summed E-state index contributed by atoms with van der Waals surface area (Å²) in [6.45, 7) is 5.92. The Morgan fingerprint density at radius 1 is 1.13 bits per heavy atom. The van der Waals surface area contributed by atoms with Gasteiger partial charge in [-0.25, -0.2) is 0 Å². The summed E-state index contributed by atoms with van der Waals surface area (Å²) in [6.07, 6.45) is 1.66. The largest absolute Gasteiger partial charge is 0.352 e. The van der Waals surface area contributed by atoms with Gasteiger partial charge in [0.05, 0.1) is 0 Å². The third kappa shape index (κ3) is 4.93. The Morgan fingerprint density at radius 3 is 2.55 bits per heavy atom. The van der Waals surface area contributed by atoms with Gasteiger partial charge < -0.3 is 15.2 Å². The highest BCUT2D eigenvalue weighted by Crippen LogP contribution is 2.27. The molecule has 1 atom stereocenters. The Labute approximate surface area is 187 Å². The van der Waals surface area contributed by atoms with Gasteiger partial charge in [-0.15, -0.1) is 0 Å². The number of hydrogen-bond donors (Lipinski definition) is 2. The van der Waals surface area contributed by atoms with E-state index in [1.807, 2.05) is 48.2 Å². The van der Waals surface area contributed by atoms with Crippen LogP contribution in [0.25, 0.3) is 10.9 Å². The van der Waals surface area contributed by atoms with E-state index < -0.39 is 0 Å². The minimum atomic E-state index is -0.0714. The first-order chi connectivity index (χ1) is 14.9. The second-order valence-corrected chi connectivity index (χ2v) is 8.97. The fourth-order valence-electron chi connectivity index (χ4n) is 4.26. The Balaban J connectivity index is 1.30. The van der Waals surface area contributed by atoms with E-state index in [0.717, 1.165) is 29.3 Å². The number of aromatic nitrogens is 1. The van der Waals surface area contributed by atoms with Crippen molar-refractivity contribution in [1.29, 1.82) is 0 Å². The topological polar surface area (TPSA) is 65.2 Å². The van der Waals surface area contributed by atoms with Gasteiger partial charge in [-0.1, -0.05) is 48.4 Å². The maximum atomic E-state index is 12.9. The van der Waals surface area contributed by atoms with E-state index in [4.69, 9.17) is 11.6 Å². The lowest BCUT2D eigenvalue weighted by Gasteiger charge is -2.34. The van der Waals surface area contributed by atoms with Crippen LogP contribution in [0.1, 0.15) is 41.4 Å². The van der Waals surface area contributed by atoms with Crippen molar-refractivity contribution in [3.8, 4) is 0 Å². The van der Waals surface area contributed by atoms with Crippen molar-refractivity contribution in [2.75, 3.05) is 13.1 Å². The van der Waals surface area contributed by atoms with Crippen molar-refractivity contribution < 1.29 is 9.59 Å². The number of carbonyl (C=O) groups is 2. The number of hydrogen-bond acceptors (Lipinski definition) is 2. The van der Waals surface area contributed by atoms with Crippen molar-refractivity contribution in [3.63, 3.8) is 0 Å². The van der Waals surface area contributed by atoms with Gasteiger partial charge in [0.1, 0.15) is 5.69 Å². The number of fused-ring (bicyclic) bond motifs is 1. The van der Waals surface area contributed by atoms with Gasteiger partial charge in [0.15, 0.2) is 0 Å². The summed E-state index contributed by atoms with van der Waals surface area (Å²) in [4.78, 5) is 30.6. The average molecular weight is 438 g/mol. The summed E-state index contributed by atoms with van der Waals surface area (Å²) in [5.41, 5.74) is 3.80. The number of carbonyl (C=O) groups excluding carboxylic acids is 2. The summed E-state index contributed by atoms with van der Waals surface area (Å²) in [7, 11) is 0. The molecule has 0 saturated carbocycles. The first-order valence-corrected chi connectivity index (χ1v) is 11.2. The van der Waals surface area contributed by atoms with E-state index >= 15 is 0 Å². The van der Waals surface area contributed by atoms with Gasteiger partial charge in [-0.3, -0.25) is 9.59 Å². The molecule has 1 aliphatic rings. The second-order valence-electron chi connectivity index (χ2n) is 8.54. The maximum absolute atomic E-state index is 12.9. The van der Waals surface area contributed by atoms with Gasteiger partial charge >= 0.3 is 0 Å². The standard InChI is InChI=1S/C25H28ClN3O2/c1-16-3-5-18(6-4-16)15-27-24(30)17(2)19-9-11-29(12-10-19)25(31)23-14-20-13-21(26)7-8-22(20)28-23/h3-8,13-14,17,19,28H,9-12,15H2,1-2H3,(H,27,30)/t17-/m0/s1. The number of halogens is 1. The fourth-order valence-corrected chi connectivity index (χ4v) is 4.44. The van der Waals surface area contributed by atoms with Gasteiger partial charge in [-0.05, 0) is 55.5 Å². The van der Waals surface area contributed by atoms with E-state index in [-0.39, 0.29) is 23.7 Å². The molecule has 5 nitrogen and oxygen atoms in total. The first-order valence-electron chi connectivity index (χ1n) is 10.8. The molecule has 6 heteroatoms. The van der Waals surface area contributed by atoms with E-state index in [9.17, 15) is 9.59 Å². The van der Waals surface area contributed by atoms with Crippen molar-refractivity contribution in [1.82, 2.24) is 15.2 Å². The van der Waals surface area contributed by atoms with Crippen LogP contribution in [0.15, 0.2) is 48.5 Å². The number of aromatic amines is 1. The Bertz CT molecular complexity index is 1080. The van der Waals surface area contributed by atoms with E-state index in [1.165, 1.54) is 5.56 Å². The number of rotatable bonds is 5. The highest BCUT2D eigenvalue weighted by Gasteiger charge is 2.30. The maximum Gasteiger partial charge on any atom is 0.270 e. The molecule has 0 bridgehead atoms. The predicted molar refractivity (Wildman–Crippen MR) is 124 cm³/mol. The second kappa shape index (κ2) is 9.15. The Hall–Kier alpha value is -2.79. The quantitative estimate of drug-likeness (QED) is 0.594. The van der Waals surface area contributed by atoms with E-state index in [2.05, 4.69) is 29.4 Å². The molecule has 3 aromatic rings. The predicted octanol–water partition coefficient (Wildman–Crippen LogP) is 4.93. The molecule has 0 unspecified atom stereocenters. The molecule has 162 valence electrons. The molecule has 2 N–H and O–H groups in total. The monoisotopic (exact) mass is 437 g/mol. The number of piperidine rings is 1. The lowest BCUT2D eigenvalue weighted by Crippen LogP contribution is -2.42. The number of nitrogens with zero attached hydrogens (tertiary/aromatic N) is 1. The summed E-state index contributed by atoms with van der Waals surface area (Å²) in [5.74, 6) is 0.293. The molecule has 0 aliphatic carbocycles. The molecular weight excluding hydrogens is 410 g/mol. The van der Waals surface area contributed by atoms with Crippen LogP contribution in [0, 0.1) is 18.8 Å². The molecule has 2 amide bonds. The van der Waals surface area contributed by atoms with Gasteiger partial charge in [-0.2, -0.15) is 0 Å². The zero-order chi connectivity index (χ0) is 22.0. The van der Waals surface area contributed by atoms with Crippen LogP contribution in [-0.2, 0) is 11.3 Å². The molecule has 1 saturated heterocycles. The lowest BCUT2D eigenvalue weighted by atomic mass is 9.84. The molecule has 0 spiro atoms. The average Bonchev–Trinajstić information content (AvgIpc) is 3.21. The number of nitrogens with one attached hydrogen (secondary N) is 2. The van der Waals surface area contributed by atoms with Crippen LogP contribution in [0.3, 0.4) is 0 Å². The summed E-state index contributed by atoms with van der Waals surface area (Å²) in [5, 5.41) is 4.65. The molecule has 1 fully saturated rings. The Kier molecular flexibility index (Phi) is 6.33. The molecule has 2 aromatic carbocycles. The van der Waals surface area contributed by atoms with Crippen LogP contribution in [0.4, 0.5) is 0 Å². The van der Waals surface area contributed by atoms with Crippen LogP contribution < -0.4 is 5.32 Å². The third-order valence-corrected chi connectivity index (χ3v) is 6.58. The molecule has 4 rings (SSSR count). The van der Waals surface area contributed by atoms with Gasteiger partial charge in [0.2, 0.25) is 5.91 Å². The SMILES string of the molecule is Cc1ccc(CNC(=O)[C@@H](C)C2CCN(C(=O)c3cc4cc(Cl)ccc4[nH]3)CC2)cc1. The Morgan fingerprint density at radius 2 is 1.84 bits per heavy atom. The van der Waals surface area contributed by atoms with Crippen molar-refractivity contribution in [2.45, 2.75) is 33.2 Å². The zero-order valence-corrected chi connectivity index (χ0v) is 18.7. The zero-order valence-electron chi connectivity index (χ0n) is 18.0. The minimum absolute atomic E-state index is 0.00208. The molecule has 0 radical (unpaired) electrons. The van der Waals surface area contributed by atoms with Crippen molar-refractivity contribution >= 4 is 34.3 Å². The molecule has 1 aromatic heterocycles. The lowest BCUT2D eigenvalue weighted by molar-refractivity contribution is -0.126. The highest BCUT2D eigenvalue weighted by molar-refractivity contribution is 6.31. The minimum Gasteiger partial charge on any atom is -0.352 e. The molecule has 31 heavy (non-hydrogen) atoms. The fraction of sp³-hybridized carbons (Fsp3) is 0.360. The number of likely N-dealkylation sites (tertiary alicyclic amines) is 1. The van der Waals surface area contributed by atoms with E-state index in [1.54, 1.807) is 0 Å². The number of benzene rings is 2. The van der Waals surface area contributed by atoms with Crippen LogP contribution in [-0.4, -0.2) is 34.8 Å². The van der Waals surface area contributed by atoms with Crippen molar-refractivity contribution in [3.05, 3.63) is 70.4 Å². The smallest absolute Gasteiger partial charge is 0.270 e. The summed E-state index contributed by atoms with van der Waals surface area (Å²) >= 11 is 6.05. The summed E-state index contributed by atoms with van der Waals surface area (Å²) < 4.78 is 0.